The maximum absolute atomic E-state index is 15.5. The summed E-state index contributed by atoms with van der Waals surface area (Å²) in [5.74, 6) is -15.1. The van der Waals surface area contributed by atoms with E-state index >= 15 is 19.2 Å². The quantitative estimate of drug-likeness (QED) is 0.104. The molecule has 0 aliphatic carbocycles. The van der Waals surface area contributed by atoms with Gasteiger partial charge in [-0.25, -0.2) is 20.4 Å². The number of nitrogens with one attached hydrogen (secondary N) is 10. The molecule has 0 spiro atoms. The van der Waals surface area contributed by atoms with E-state index < -0.39 is 228 Å². The van der Waals surface area contributed by atoms with Crippen molar-refractivity contribution in [2.24, 2.45) is 35.5 Å². The van der Waals surface area contributed by atoms with Gasteiger partial charge in [-0.1, -0.05) is 95.2 Å². The molecule has 34 heteroatoms. The van der Waals surface area contributed by atoms with Crippen LogP contribution < -0.4 is 53.4 Å². The number of esters is 2. The number of hydrogen-bond donors (Lipinski definition) is 16. The molecule has 106 heavy (non-hydrogen) atoms. The molecule has 20 atom stereocenters. The maximum Gasteiger partial charge on any atom is 0.329 e. The lowest BCUT2D eigenvalue weighted by Gasteiger charge is -2.40. The lowest BCUT2D eigenvalue weighted by Crippen LogP contribution is -2.67. The van der Waals surface area contributed by atoms with Gasteiger partial charge in [0.05, 0.1) is 24.4 Å². The molecule has 1 unspecified atom stereocenters. The third-order valence-corrected chi connectivity index (χ3v) is 21.2. The summed E-state index contributed by atoms with van der Waals surface area (Å²) in [6.07, 6.45) is -13.7. The molecule has 16 N–H and O–H groups in total. The number of amides is 10. The van der Waals surface area contributed by atoms with Crippen molar-refractivity contribution in [2.45, 2.75) is 256 Å². The van der Waals surface area contributed by atoms with E-state index in [4.69, 9.17) is 9.47 Å². The van der Waals surface area contributed by atoms with Crippen LogP contribution in [0.5, 0.6) is 0 Å². The number of aliphatic hydroxyl groups excluding tert-OH is 4. The molecule has 8 aliphatic heterocycles. The van der Waals surface area contributed by atoms with Gasteiger partial charge < -0.3 is 92.4 Å². The number of hydrazine groups is 2. The third-order valence-electron chi connectivity index (χ3n) is 21.2. The molecule has 10 amide bonds. The van der Waals surface area contributed by atoms with Gasteiger partial charge in [-0.05, 0) is 97.6 Å². The molecule has 582 valence electrons. The summed E-state index contributed by atoms with van der Waals surface area (Å²) in [6, 6.07) is -6.29. The number of ether oxygens (including phenoxy) is 2. The summed E-state index contributed by atoms with van der Waals surface area (Å²) in [7, 11) is 0. The second-order valence-corrected chi connectivity index (χ2v) is 31.8. The minimum absolute atomic E-state index is 0.0334. The van der Waals surface area contributed by atoms with E-state index in [0.717, 1.165) is 19.8 Å². The monoisotopic (exact) mass is 1480 g/mol. The maximum atomic E-state index is 15.5. The van der Waals surface area contributed by atoms with Crippen molar-refractivity contribution in [2.75, 3.05) is 23.7 Å². The first-order valence-electron chi connectivity index (χ1n) is 36.7. The Balaban J connectivity index is 1.01. The lowest BCUT2D eigenvalue weighted by atomic mass is 9.86. The van der Waals surface area contributed by atoms with Crippen LogP contribution in [0.4, 0.5) is 11.4 Å². The normalized spacial score (nSPS) is 33.7. The van der Waals surface area contributed by atoms with Gasteiger partial charge in [0.15, 0.2) is 12.2 Å². The first-order chi connectivity index (χ1) is 49.7. The standard InChI is InChI=1S/C72H104N14O20/c1-29(2)19-45-57(91)81-53(35(13)87)63(97)83-49(61(95)79-51(31(5)6)67(101)105-55(33(9)10)65(99)85-47(59(93)75-45)23-39(89)27-73-85)25-71(103)41-21-37(15-17-43(41)77-69(71)83)38-16-18-44-42(22-38)72(104)26-50-62(96)80-52(32(7)8)68(102)106-56(34(11)12)66(100)86-48(24-40(90)28-74-86)60(94)76-46(20-30(3)4)58(92)82-54(36(14)88)64(98)84(50)70(72)78-44/h15-18,21-22,29-36,39-40,45-56,69-70,73-74,77-78,87-90,103-104H,19-20,23-28H2,1-14H3,(H,75,93)(H,76,94)(H,79,95)(H,80,96)(H,81,91)(H,82,92)/t35-,36-,39+,40+,45-,46-,47+,48?,49-,50+,51+,52+,53+,54+,55-,56-,69-,70-,71+,72+/m0/s1. The molecule has 6 fully saturated rings. The molecule has 0 aromatic heterocycles. The van der Waals surface area contributed by atoms with Crippen LogP contribution in [-0.2, 0) is 78.2 Å². The van der Waals surface area contributed by atoms with Crippen molar-refractivity contribution in [1.29, 1.82) is 0 Å². The van der Waals surface area contributed by atoms with E-state index in [-0.39, 0.29) is 73.1 Å². The van der Waals surface area contributed by atoms with Gasteiger partial charge in [0.1, 0.15) is 84.0 Å². The van der Waals surface area contributed by atoms with Crippen LogP contribution >= 0.6 is 0 Å². The molecule has 2 aromatic rings. The highest BCUT2D eigenvalue weighted by molar-refractivity contribution is 6.01. The number of carbonyl (C=O) groups is 12. The first kappa shape index (κ1) is 79.9. The average Bonchev–Trinajstić information content (AvgIpc) is 1.55. The fourth-order valence-electron chi connectivity index (χ4n) is 15.5. The Morgan fingerprint density at radius 2 is 0.755 bits per heavy atom. The second-order valence-electron chi connectivity index (χ2n) is 31.8. The van der Waals surface area contributed by atoms with Crippen molar-refractivity contribution in [1.82, 2.24) is 62.6 Å². The number of β-amino-alcohol motifs (C(OH)–C–C–N with tert-alkyl or cyclic N) is 2. The van der Waals surface area contributed by atoms with Crippen molar-refractivity contribution < 1.29 is 97.6 Å². The van der Waals surface area contributed by atoms with Gasteiger partial charge >= 0.3 is 11.9 Å². The number of nitrogens with zero attached hydrogens (tertiary/aromatic N) is 4. The number of benzene rings is 2. The fraction of sp³-hybridized carbons (Fsp3) is 0.667. The smallest absolute Gasteiger partial charge is 0.329 e. The first-order valence-corrected chi connectivity index (χ1v) is 36.7. The minimum Gasteiger partial charge on any atom is -0.450 e. The van der Waals surface area contributed by atoms with Crippen molar-refractivity contribution in [3.8, 4) is 11.1 Å². The number of aliphatic hydroxyl groups is 6. The van der Waals surface area contributed by atoms with Crippen molar-refractivity contribution >= 4 is 82.4 Å². The second kappa shape index (κ2) is 31.3. The van der Waals surface area contributed by atoms with E-state index in [1.165, 1.54) is 13.8 Å². The zero-order valence-electron chi connectivity index (χ0n) is 62.2. The number of rotatable bonds is 11. The summed E-state index contributed by atoms with van der Waals surface area (Å²) in [5, 5.41) is 95.6. The van der Waals surface area contributed by atoms with Crippen LogP contribution in [0.1, 0.15) is 147 Å². The Morgan fingerprint density at radius 3 is 1.07 bits per heavy atom. The largest absolute Gasteiger partial charge is 0.450 e. The van der Waals surface area contributed by atoms with Gasteiger partial charge in [-0.3, -0.25) is 58.0 Å². The minimum atomic E-state index is -2.21. The van der Waals surface area contributed by atoms with Crippen molar-refractivity contribution in [3.05, 3.63) is 47.5 Å². The summed E-state index contributed by atoms with van der Waals surface area (Å²) >= 11 is 0. The number of carbonyl (C=O) groups excluding carboxylic acids is 12. The number of fused-ring (bicyclic) bond motifs is 12. The number of cyclic esters (lactones) is 2. The molecule has 8 heterocycles. The van der Waals surface area contributed by atoms with Gasteiger partial charge in [0, 0.05) is 61.3 Å². The van der Waals surface area contributed by atoms with Crippen LogP contribution in [0.25, 0.3) is 11.1 Å². The van der Waals surface area contributed by atoms with E-state index in [0.29, 0.717) is 11.1 Å². The predicted molar refractivity (Wildman–Crippen MR) is 376 cm³/mol. The molecule has 34 nitrogen and oxygen atoms in total. The highest BCUT2D eigenvalue weighted by Gasteiger charge is 2.64. The SMILES string of the molecule is CC(C)C[C@@H]1NC(=O)C2C[C@@H](O)CNN2C(=O)[C@H](C(C)C)OC(=O)[C@@H](C(C)C)NC(=O)[C@H]2C[C@@]3(O)c4cc(-c5ccc6c(c5)[C@]5(O)C[C@H]7C(=O)N[C@H](C(C)C)C(=O)O[C@@H](C(C)C)C(=O)N8NC[C@H](O)C[C@@H]8C(=O)N[C@@H](CC(C)C)C(=O)N[C@H]([C@H](C)O)C(=O)N7[C@@H]5N6)ccc4N[C@H]3N2C(=O)[C@@H]([C@H](C)O)NC1=O. The average molecular weight is 1490 g/mol. The Labute approximate surface area is 614 Å². The highest BCUT2D eigenvalue weighted by atomic mass is 16.6. The molecule has 0 bridgehead atoms. The van der Waals surface area contributed by atoms with E-state index in [1.807, 2.05) is 0 Å². The summed E-state index contributed by atoms with van der Waals surface area (Å²) in [5.41, 5.74) is 2.62. The topological polar surface area (TPSA) is 478 Å². The van der Waals surface area contributed by atoms with E-state index in [9.17, 15) is 69.0 Å². The predicted octanol–water partition coefficient (Wildman–Crippen LogP) is -2.40. The molecule has 2 aromatic carbocycles. The summed E-state index contributed by atoms with van der Waals surface area (Å²) < 4.78 is 11.9. The van der Waals surface area contributed by atoms with E-state index in [1.54, 1.807) is 119 Å². The van der Waals surface area contributed by atoms with Crippen molar-refractivity contribution in [3.63, 3.8) is 0 Å². The Kier molecular flexibility index (Phi) is 23.6. The van der Waals surface area contributed by atoms with Crippen LogP contribution in [0.2, 0.25) is 0 Å². The van der Waals surface area contributed by atoms with Crippen LogP contribution in [0, 0.1) is 35.5 Å². The Morgan fingerprint density at radius 1 is 0.425 bits per heavy atom. The Bertz CT molecular complexity index is 3540. The fourth-order valence-corrected chi connectivity index (χ4v) is 15.5. The van der Waals surface area contributed by atoms with Gasteiger partial charge in [-0.15, -0.1) is 0 Å². The summed E-state index contributed by atoms with van der Waals surface area (Å²) in [6.45, 7) is 21.9. The molecule has 6 saturated heterocycles. The summed E-state index contributed by atoms with van der Waals surface area (Å²) in [4.78, 5) is 180. The molecule has 8 aliphatic rings. The number of anilines is 2. The van der Waals surface area contributed by atoms with Crippen LogP contribution in [0.3, 0.4) is 0 Å². The highest BCUT2D eigenvalue weighted by Crippen LogP contribution is 2.53. The zero-order chi connectivity index (χ0) is 77.9. The molecule has 0 radical (unpaired) electrons. The molecule has 10 rings (SSSR count). The van der Waals surface area contributed by atoms with Gasteiger partial charge in [0.25, 0.3) is 11.8 Å². The van der Waals surface area contributed by atoms with Gasteiger partial charge in [0.2, 0.25) is 47.3 Å². The van der Waals surface area contributed by atoms with Crippen LogP contribution in [0.15, 0.2) is 36.4 Å². The molecule has 0 saturated carbocycles. The number of hydrogen-bond acceptors (Lipinski definition) is 24. The van der Waals surface area contributed by atoms with Gasteiger partial charge in [-0.2, -0.15) is 0 Å². The van der Waals surface area contributed by atoms with E-state index in [2.05, 4.69) is 53.4 Å². The Hall–Kier alpha value is -8.64. The third kappa shape index (κ3) is 15.6. The lowest BCUT2D eigenvalue weighted by molar-refractivity contribution is -0.172. The zero-order valence-corrected chi connectivity index (χ0v) is 62.2. The van der Waals surface area contributed by atoms with Crippen LogP contribution in [-0.4, -0.2) is 244 Å². The molecular formula is C72H104N14O20. The molecular weight excluding hydrogens is 1380 g/mol.